The molecule has 0 amide bonds. The minimum absolute atomic E-state index is 0.131. The molecular formula is C69H50N2O4. The van der Waals surface area contributed by atoms with Crippen LogP contribution in [0, 0.1) is 27.7 Å². The number of aryl methyl sites for hydroxylation is 4. The zero-order valence-electron chi connectivity index (χ0n) is 42.5. The second kappa shape index (κ2) is 16.1. The molecule has 0 N–H and O–H groups in total. The summed E-state index contributed by atoms with van der Waals surface area (Å²) in [4.78, 5) is 4.71. The number of anilines is 6. The van der Waals surface area contributed by atoms with Crippen molar-refractivity contribution in [1.29, 1.82) is 0 Å². The van der Waals surface area contributed by atoms with Gasteiger partial charge in [-0.05, 0) is 205 Å². The molecule has 0 aliphatic heterocycles. The molecular weight excluding hydrogens is 921 g/mol. The smallest absolute Gasteiger partial charge is 0.142 e. The number of fused-ring (bicyclic) bond motifs is 14. The number of benzene rings is 11. The lowest BCUT2D eigenvalue weighted by Gasteiger charge is -2.26. The molecule has 0 saturated heterocycles. The van der Waals surface area contributed by atoms with E-state index in [0.717, 1.165) is 149 Å². The summed E-state index contributed by atoms with van der Waals surface area (Å²) in [5.41, 5.74) is 19.3. The molecule has 11 aromatic carbocycles. The van der Waals surface area contributed by atoms with E-state index in [-0.39, 0.29) is 5.92 Å². The second-order valence-corrected chi connectivity index (χ2v) is 21.1. The Balaban J connectivity index is 0.859. The van der Waals surface area contributed by atoms with Crippen molar-refractivity contribution in [3.8, 4) is 0 Å². The normalized spacial score (nSPS) is 12.3. The average Bonchev–Trinajstić information content (AvgIpc) is 4.16. The highest BCUT2D eigenvalue weighted by atomic mass is 16.3. The Morgan fingerprint density at radius 3 is 1.11 bits per heavy atom. The molecule has 6 nitrogen and oxygen atoms in total. The van der Waals surface area contributed by atoms with E-state index < -0.39 is 0 Å². The van der Waals surface area contributed by atoms with Crippen molar-refractivity contribution in [1.82, 2.24) is 0 Å². The van der Waals surface area contributed by atoms with Gasteiger partial charge < -0.3 is 27.5 Å². The molecule has 0 aliphatic rings. The van der Waals surface area contributed by atoms with Crippen molar-refractivity contribution in [2.45, 2.75) is 47.5 Å². The van der Waals surface area contributed by atoms with E-state index in [1.54, 1.807) is 0 Å². The van der Waals surface area contributed by atoms with Crippen LogP contribution in [0.2, 0.25) is 0 Å². The standard InChI is InChI=1S/C69H50N2O4/c1-38(2)67-68-59(55-31-43-15-17-47(29-45(43)33-65(55)74-68)70(51-25-39(3)23-40(4)26-51)49-19-21-63-57(35-49)53-11-7-9-13-61(53)72-63)37-60-56-32-44-16-18-48(30-46(44)34-66(56)75-69(60)67)71(52-27-41(5)24-42(6)28-52)50-20-22-64-58(36-50)54-12-8-10-14-62(54)73-64/h7-38H,1-6H3. The van der Waals surface area contributed by atoms with Crippen LogP contribution in [-0.2, 0) is 0 Å². The van der Waals surface area contributed by atoms with Crippen LogP contribution in [0.4, 0.5) is 34.1 Å². The zero-order chi connectivity index (χ0) is 50.4. The molecule has 0 bridgehead atoms. The molecule has 0 saturated carbocycles. The topological polar surface area (TPSA) is 59.0 Å². The Morgan fingerprint density at radius 2 is 0.667 bits per heavy atom. The third-order valence-corrected chi connectivity index (χ3v) is 15.4. The second-order valence-electron chi connectivity index (χ2n) is 21.1. The maximum absolute atomic E-state index is 7.01. The quantitative estimate of drug-likeness (QED) is 0.159. The van der Waals surface area contributed by atoms with E-state index in [9.17, 15) is 0 Å². The third-order valence-electron chi connectivity index (χ3n) is 15.4. The highest BCUT2D eigenvalue weighted by Crippen LogP contribution is 2.47. The van der Waals surface area contributed by atoms with Crippen molar-refractivity contribution in [3.05, 3.63) is 216 Å². The van der Waals surface area contributed by atoms with Gasteiger partial charge in [0, 0.05) is 82.8 Å². The molecule has 0 aliphatic carbocycles. The van der Waals surface area contributed by atoms with E-state index in [2.05, 4.69) is 215 Å². The fourth-order valence-corrected chi connectivity index (χ4v) is 12.2. The summed E-state index contributed by atoms with van der Waals surface area (Å²) in [7, 11) is 0. The van der Waals surface area contributed by atoms with Crippen molar-refractivity contribution >= 4 is 143 Å². The summed E-state index contributed by atoms with van der Waals surface area (Å²) in [5, 5.41) is 13.2. The molecule has 15 rings (SSSR count). The van der Waals surface area contributed by atoms with Crippen LogP contribution >= 0.6 is 0 Å². The summed E-state index contributed by atoms with van der Waals surface area (Å²) >= 11 is 0. The van der Waals surface area contributed by atoms with Crippen LogP contribution in [0.25, 0.3) is 109 Å². The first-order valence-corrected chi connectivity index (χ1v) is 25.9. The van der Waals surface area contributed by atoms with Gasteiger partial charge in [-0.15, -0.1) is 0 Å². The van der Waals surface area contributed by atoms with E-state index in [0.29, 0.717) is 0 Å². The molecule has 0 atom stereocenters. The monoisotopic (exact) mass is 970 g/mol. The van der Waals surface area contributed by atoms with Crippen molar-refractivity contribution < 1.29 is 17.7 Å². The maximum atomic E-state index is 7.01. The van der Waals surface area contributed by atoms with Gasteiger partial charge in [0.15, 0.2) is 0 Å². The fourth-order valence-electron chi connectivity index (χ4n) is 12.2. The first-order chi connectivity index (χ1) is 36.5. The van der Waals surface area contributed by atoms with Gasteiger partial charge in [0.25, 0.3) is 0 Å². The largest absolute Gasteiger partial charge is 0.456 e. The number of hydrogen-bond acceptors (Lipinski definition) is 6. The minimum atomic E-state index is 0.131. The minimum Gasteiger partial charge on any atom is -0.456 e. The van der Waals surface area contributed by atoms with Gasteiger partial charge in [-0.1, -0.05) is 74.5 Å². The Labute approximate surface area is 432 Å². The Morgan fingerprint density at radius 1 is 0.280 bits per heavy atom. The first kappa shape index (κ1) is 43.3. The number of furan rings is 4. The fraction of sp³-hybridized carbons (Fsp3) is 0.101. The lowest BCUT2D eigenvalue weighted by molar-refractivity contribution is 0.638. The van der Waals surface area contributed by atoms with E-state index in [1.807, 2.05) is 24.3 Å². The molecule has 0 spiro atoms. The lowest BCUT2D eigenvalue weighted by atomic mass is 9.95. The number of nitrogens with zero attached hydrogens (tertiary/aromatic N) is 2. The van der Waals surface area contributed by atoms with Gasteiger partial charge in [-0.2, -0.15) is 0 Å². The summed E-state index contributed by atoms with van der Waals surface area (Å²) in [6, 6.07) is 67.9. The zero-order valence-corrected chi connectivity index (χ0v) is 42.5. The van der Waals surface area contributed by atoms with Crippen molar-refractivity contribution in [3.63, 3.8) is 0 Å². The van der Waals surface area contributed by atoms with Crippen LogP contribution in [-0.4, -0.2) is 0 Å². The van der Waals surface area contributed by atoms with Crippen molar-refractivity contribution in [2.75, 3.05) is 9.80 Å². The number of rotatable bonds is 7. The molecule has 0 unspecified atom stereocenters. The summed E-state index contributed by atoms with van der Waals surface area (Å²) in [6.45, 7) is 13.1. The van der Waals surface area contributed by atoms with Gasteiger partial charge in [0.2, 0.25) is 0 Å². The predicted octanol–water partition coefficient (Wildman–Crippen LogP) is 20.9. The highest BCUT2D eigenvalue weighted by Gasteiger charge is 2.24. The molecule has 4 heterocycles. The van der Waals surface area contributed by atoms with Crippen LogP contribution in [0.3, 0.4) is 0 Å². The van der Waals surface area contributed by atoms with Crippen LogP contribution < -0.4 is 9.80 Å². The summed E-state index contributed by atoms with van der Waals surface area (Å²) in [5.74, 6) is 0.131. The SMILES string of the molecule is Cc1cc(C)cc(N(c2ccc3cc4c(cc3c2)oc2c(C(C)C)c3oc5cc6cc(N(c7cc(C)cc(C)c7)c7ccc8oc9ccccc9c8c7)ccc6cc5c3cc24)c2ccc3oc4ccccc4c3c2)c1. The van der Waals surface area contributed by atoms with Crippen LogP contribution in [0.5, 0.6) is 0 Å². The van der Waals surface area contributed by atoms with E-state index in [1.165, 1.54) is 22.3 Å². The van der Waals surface area contributed by atoms with Gasteiger partial charge in [0.05, 0.1) is 0 Å². The highest BCUT2D eigenvalue weighted by molar-refractivity contribution is 6.20. The van der Waals surface area contributed by atoms with Gasteiger partial charge in [-0.25, -0.2) is 0 Å². The van der Waals surface area contributed by atoms with Gasteiger partial charge >= 0.3 is 0 Å². The van der Waals surface area contributed by atoms with Crippen LogP contribution in [0.1, 0.15) is 47.6 Å². The van der Waals surface area contributed by atoms with Gasteiger partial charge in [-0.3, -0.25) is 0 Å². The van der Waals surface area contributed by atoms with E-state index >= 15 is 0 Å². The Bertz CT molecular complexity index is 4550. The van der Waals surface area contributed by atoms with Crippen LogP contribution in [0.15, 0.2) is 206 Å². The van der Waals surface area contributed by atoms with Crippen molar-refractivity contribution in [2.24, 2.45) is 0 Å². The molecule has 75 heavy (non-hydrogen) atoms. The third kappa shape index (κ3) is 6.86. The molecule has 0 radical (unpaired) electrons. The Kier molecular flexibility index (Phi) is 9.31. The first-order valence-electron chi connectivity index (χ1n) is 25.9. The molecule has 0 fully saturated rings. The maximum Gasteiger partial charge on any atom is 0.142 e. The van der Waals surface area contributed by atoms with E-state index in [4.69, 9.17) is 17.7 Å². The Hall–Kier alpha value is -9.26. The number of hydrogen-bond donors (Lipinski definition) is 0. The molecule has 360 valence electrons. The molecule has 4 aromatic heterocycles. The number of para-hydroxylation sites is 2. The van der Waals surface area contributed by atoms with Gasteiger partial charge in [0.1, 0.15) is 44.7 Å². The average molecular weight is 971 g/mol. The summed E-state index contributed by atoms with van der Waals surface area (Å²) in [6.07, 6.45) is 0. The lowest BCUT2D eigenvalue weighted by Crippen LogP contribution is -2.10. The predicted molar refractivity (Wildman–Crippen MR) is 313 cm³/mol. The molecule has 15 aromatic rings. The summed E-state index contributed by atoms with van der Waals surface area (Å²) < 4.78 is 26.5. The molecule has 6 heteroatoms.